The Hall–Kier alpha value is -2.10. The summed E-state index contributed by atoms with van der Waals surface area (Å²) in [7, 11) is 0. The number of carbonyl (C=O) groups excluding carboxylic acids is 2. The lowest BCUT2D eigenvalue weighted by Crippen LogP contribution is -2.59. The van der Waals surface area contributed by atoms with Gasteiger partial charge in [0.05, 0.1) is 18.5 Å². The summed E-state index contributed by atoms with van der Waals surface area (Å²) in [5.41, 5.74) is 3.39. The van der Waals surface area contributed by atoms with Crippen LogP contribution in [-0.4, -0.2) is 72.7 Å². The maximum absolute atomic E-state index is 13.9. The molecule has 2 aromatic carbocycles. The van der Waals surface area contributed by atoms with E-state index in [2.05, 4.69) is 38.6 Å². The first-order valence-corrected chi connectivity index (χ1v) is 16.9. The Kier molecular flexibility index (Phi) is 11.0. The lowest BCUT2D eigenvalue weighted by atomic mass is 9.83. The van der Waals surface area contributed by atoms with Crippen molar-refractivity contribution < 1.29 is 9.59 Å². The monoisotopic (exact) mass is 598 g/mol. The molecule has 0 spiro atoms. The topological polar surface area (TPSA) is 76.7 Å². The Morgan fingerprint density at radius 3 is 2.49 bits per heavy atom. The number of thiol groups is 1. The third-order valence-electron chi connectivity index (χ3n) is 9.09. The number of halogens is 1. The van der Waals surface area contributed by atoms with E-state index in [0.29, 0.717) is 37.0 Å². The van der Waals surface area contributed by atoms with E-state index < -0.39 is 6.04 Å². The number of hydrogen-bond acceptors (Lipinski definition) is 5. The van der Waals surface area contributed by atoms with Crippen molar-refractivity contribution >= 4 is 35.4 Å². The second-order valence-electron chi connectivity index (χ2n) is 11.7. The lowest BCUT2D eigenvalue weighted by Gasteiger charge is -2.43. The van der Waals surface area contributed by atoms with Crippen LogP contribution in [0.15, 0.2) is 48.5 Å². The van der Waals surface area contributed by atoms with E-state index in [1.54, 1.807) is 0 Å². The molecule has 0 aromatic heterocycles. The quantitative estimate of drug-likeness (QED) is 0.272. The highest BCUT2D eigenvalue weighted by atomic mass is 35.5. The maximum Gasteiger partial charge on any atom is 0.245 e. The molecule has 3 aliphatic rings. The van der Waals surface area contributed by atoms with Gasteiger partial charge in [-0.2, -0.15) is 0 Å². The molecule has 1 aliphatic carbocycles. The van der Waals surface area contributed by atoms with Gasteiger partial charge in [0.15, 0.2) is 0 Å². The van der Waals surface area contributed by atoms with Crippen molar-refractivity contribution in [3.05, 3.63) is 70.2 Å². The van der Waals surface area contributed by atoms with Crippen molar-refractivity contribution in [2.45, 2.75) is 69.6 Å². The first kappa shape index (κ1) is 30.4. The van der Waals surface area contributed by atoms with Crippen LogP contribution < -0.4 is 15.4 Å². The third kappa shape index (κ3) is 8.05. The molecule has 2 unspecified atom stereocenters. The van der Waals surface area contributed by atoms with Crippen LogP contribution in [0.3, 0.4) is 0 Å². The molecular formula is C32H45ClN5O2S+. The Labute approximate surface area is 254 Å². The predicted molar refractivity (Wildman–Crippen MR) is 169 cm³/mol. The second kappa shape index (κ2) is 14.9. The molecule has 0 radical (unpaired) electrons. The number of carbonyl (C=O) groups is 2. The smallest absolute Gasteiger partial charge is 0.245 e. The van der Waals surface area contributed by atoms with Gasteiger partial charge in [0, 0.05) is 62.7 Å². The maximum atomic E-state index is 13.9. The van der Waals surface area contributed by atoms with E-state index in [4.69, 9.17) is 11.6 Å². The number of benzene rings is 2. The minimum atomic E-state index is -0.610. The molecule has 2 amide bonds. The number of nitrogens with one attached hydrogen (secondary N) is 3. The fourth-order valence-corrected chi connectivity index (χ4v) is 7.34. The minimum absolute atomic E-state index is 0.00662. The van der Waals surface area contributed by atoms with Gasteiger partial charge in [-0.15, -0.1) is 4.72 Å². The Morgan fingerprint density at radius 1 is 1.02 bits per heavy atom. The Morgan fingerprint density at radius 2 is 1.76 bits per heavy atom. The molecule has 222 valence electrons. The van der Waals surface area contributed by atoms with Crippen LogP contribution >= 0.6 is 11.6 Å². The largest absolute Gasteiger partial charge is 0.344 e. The van der Waals surface area contributed by atoms with E-state index in [1.807, 2.05) is 41.3 Å². The van der Waals surface area contributed by atoms with Crippen LogP contribution in [-0.2, 0) is 34.5 Å². The molecule has 5 rings (SSSR count). The molecule has 7 nitrogen and oxygen atoms in total. The van der Waals surface area contributed by atoms with Crippen molar-refractivity contribution in [3.8, 4) is 0 Å². The minimum Gasteiger partial charge on any atom is -0.344 e. The van der Waals surface area contributed by atoms with Gasteiger partial charge in [0.25, 0.3) is 0 Å². The third-order valence-corrected chi connectivity index (χ3v) is 9.84. The predicted octanol–water partition coefficient (Wildman–Crippen LogP) is 3.64. The first-order chi connectivity index (χ1) is 20.0. The Balaban J connectivity index is 1.23. The van der Waals surface area contributed by atoms with Gasteiger partial charge >= 0.3 is 0 Å². The summed E-state index contributed by atoms with van der Waals surface area (Å²) < 4.78 is 3.57. The molecule has 9 heteroatoms. The van der Waals surface area contributed by atoms with Crippen molar-refractivity contribution in [1.29, 1.82) is 0 Å². The molecule has 2 fully saturated rings. The van der Waals surface area contributed by atoms with Gasteiger partial charge < -0.3 is 15.5 Å². The van der Waals surface area contributed by atoms with Crippen molar-refractivity contribution in [2.24, 2.45) is 5.92 Å². The van der Waals surface area contributed by atoms with E-state index in [1.165, 1.54) is 55.2 Å². The number of piperazine rings is 1. The molecule has 3 N–H and O–H groups in total. The number of hydrogen-bond donors (Lipinski definition) is 3. The number of nitrogens with zero attached hydrogens (tertiary/aromatic N) is 2. The van der Waals surface area contributed by atoms with Crippen molar-refractivity contribution in [2.75, 3.05) is 39.0 Å². The van der Waals surface area contributed by atoms with E-state index in [0.717, 1.165) is 37.7 Å². The van der Waals surface area contributed by atoms with Crippen molar-refractivity contribution in [3.63, 3.8) is 0 Å². The Bertz CT molecular complexity index is 1150. The van der Waals surface area contributed by atoms with Crippen LogP contribution in [0.25, 0.3) is 0 Å². The van der Waals surface area contributed by atoms with Crippen LogP contribution in [0.4, 0.5) is 0 Å². The lowest BCUT2D eigenvalue weighted by molar-refractivity contribution is -0.138. The van der Waals surface area contributed by atoms with Gasteiger partial charge in [-0.1, -0.05) is 67.3 Å². The van der Waals surface area contributed by atoms with Crippen molar-refractivity contribution in [1.82, 2.24) is 25.2 Å². The molecule has 2 aromatic rings. The van der Waals surface area contributed by atoms with Gasteiger partial charge in [-0.05, 0) is 47.6 Å². The number of fused-ring (bicyclic) bond motifs is 1. The second-order valence-corrected chi connectivity index (χ2v) is 12.9. The summed E-state index contributed by atoms with van der Waals surface area (Å²) >= 11 is 7.34. The summed E-state index contributed by atoms with van der Waals surface area (Å²) in [6, 6.07) is 15.7. The molecule has 1 saturated heterocycles. The highest BCUT2D eigenvalue weighted by molar-refractivity contribution is 7.75. The molecular weight excluding hydrogens is 554 g/mol. The standard InChI is InChI=1S/C32H44ClN5O2S/c1-41-35-22-30(24-7-3-2-4-8-24)37-15-17-38(18-16-37)32(40)29(19-23-11-13-26(33)14-12-23)36-31(39)20-28-27-10-6-5-9-25(27)21-34-28/h5-6,9-14,24,28-30,34-35H,2-4,7-8,15-22H2,1H3,(H,36,39)/p+1/t28?,29-,30?/m1/s1. The van der Waals surface area contributed by atoms with Gasteiger partial charge in [-0.3, -0.25) is 14.5 Å². The van der Waals surface area contributed by atoms with Crippen LogP contribution in [0.1, 0.15) is 61.3 Å². The van der Waals surface area contributed by atoms with Crippen LogP contribution in [0.2, 0.25) is 5.02 Å². The summed E-state index contributed by atoms with van der Waals surface area (Å²) in [6.07, 6.45) is 9.53. The zero-order valence-corrected chi connectivity index (χ0v) is 25.8. The summed E-state index contributed by atoms with van der Waals surface area (Å²) in [6.45, 7) is 4.90. The van der Waals surface area contributed by atoms with Crippen LogP contribution in [0, 0.1) is 5.92 Å². The number of rotatable bonds is 11. The molecule has 3 atom stereocenters. The summed E-state index contributed by atoms with van der Waals surface area (Å²) in [5.74, 6) is 0.631. The average Bonchev–Trinajstić information content (AvgIpc) is 3.41. The van der Waals surface area contributed by atoms with Gasteiger partial charge in [-0.25, -0.2) is 0 Å². The zero-order chi connectivity index (χ0) is 28.6. The molecule has 41 heavy (non-hydrogen) atoms. The fraction of sp³-hybridized carbons (Fsp3) is 0.562. The summed E-state index contributed by atoms with van der Waals surface area (Å²) in [5, 5.41) is 7.23. The van der Waals surface area contributed by atoms with E-state index >= 15 is 0 Å². The normalized spacial score (nSPS) is 21.3. The highest BCUT2D eigenvalue weighted by Crippen LogP contribution is 2.30. The van der Waals surface area contributed by atoms with Crippen LogP contribution in [0.5, 0.6) is 0 Å². The molecule has 2 aliphatic heterocycles. The fourth-order valence-electron chi connectivity index (χ4n) is 6.85. The molecule has 0 bridgehead atoms. The van der Waals surface area contributed by atoms with E-state index in [9.17, 15) is 9.59 Å². The SMILES string of the molecule is C[SH+]NCC(C1CCCCC1)N1CCN(C(=O)[C@@H](Cc2ccc(Cl)cc2)NC(=O)CC2NCc3ccccc32)CC1. The van der Waals surface area contributed by atoms with Gasteiger partial charge in [0.1, 0.15) is 12.3 Å². The summed E-state index contributed by atoms with van der Waals surface area (Å²) in [4.78, 5) is 31.8. The molecule has 2 heterocycles. The highest BCUT2D eigenvalue weighted by Gasteiger charge is 2.35. The van der Waals surface area contributed by atoms with E-state index in [-0.39, 0.29) is 17.9 Å². The molecule has 1 saturated carbocycles. The van der Waals surface area contributed by atoms with Gasteiger partial charge in [0.2, 0.25) is 11.8 Å². The first-order valence-electron chi connectivity index (χ1n) is 15.2. The average molecular weight is 599 g/mol. The number of amides is 2. The zero-order valence-electron chi connectivity index (χ0n) is 24.2.